The number of amides is 1. The smallest absolute Gasteiger partial charge is 0.227 e. The van der Waals surface area contributed by atoms with Crippen molar-refractivity contribution < 1.29 is 9.90 Å². The molecule has 0 saturated heterocycles. The van der Waals surface area contributed by atoms with Crippen LogP contribution in [-0.4, -0.2) is 19.1 Å². The maximum Gasteiger partial charge on any atom is 0.227 e. The number of para-hydroxylation sites is 1. The number of hydrogen-bond donors (Lipinski definition) is 0. The number of rotatable bonds is 6. The molecule has 0 aromatic heterocycles. The Balaban J connectivity index is 2.71. The Labute approximate surface area is 96.7 Å². The van der Waals surface area contributed by atoms with E-state index in [0.717, 1.165) is 18.5 Å². The minimum absolute atomic E-state index is 0.0453. The molecule has 3 heteroatoms. The van der Waals surface area contributed by atoms with E-state index in [-0.39, 0.29) is 19.1 Å². The van der Waals surface area contributed by atoms with E-state index in [1.54, 1.807) is 4.90 Å². The van der Waals surface area contributed by atoms with Crippen LogP contribution in [0.25, 0.3) is 0 Å². The largest absolute Gasteiger partial charge is 0.310 e. The van der Waals surface area contributed by atoms with Crippen LogP contribution in [0.5, 0.6) is 0 Å². The first kappa shape index (κ1) is 12.7. The van der Waals surface area contributed by atoms with E-state index in [2.05, 4.69) is 0 Å². The van der Waals surface area contributed by atoms with Crippen LogP contribution in [0.2, 0.25) is 0 Å². The Kier molecular flexibility index (Phi) is 5.57. The van der Waals surface area contributed by atoms with Crippen LogP contribution >= 0.6 is 0 Å². The summed E-state index contributed by atoms with van der Waals surface area (Å²) in [6.07, 6.45) is 2.39. The third kappa shape index (κ3) is 3.66. The number of unbranched alkanes of at least 4 members (excludes halogenated alkanes) is 1. The van der Waals surface area contributed by atoms with Crippen LogP contribution in [-0.2, 0) is 9.90 Å². The Hall–Kier alpha value is -1.35. The second-order valence-electron chi connectivity index (χ2n) is 3.69. The summed E-state index contributed by atoms with van der Waals surface area (Å²) >= 11 is 0. The highest BCUT2D eigenvalue weighted by Crippen LogP contribution is 2.14. The number of carbonyl (C=O) groups excluding carboxylic acids is 1. The highest BCUT2D eigenvalue weighted by Gasteiger charge is 2.13. The number of carbonyl (C=O) groups is 1. The van der Waals surface area contributed by atoms with Crippen molar-refractivity contribution in [2.75, 3.05) is 18.1 Å². The van der Waals surface area contributed by atoms with Gasteiger partial charge in [0.1, 0.15) is 6.61 Å². The monoisotopic (exact) mass is 220 g/mol. The predicted molar refractivity (Wildman–Crippen MR) is 63.9 cm³/mol. The van der Waals surface area contributed by atoms with E-state index in [9.17, 15) is 9.90 Å². The number of nitrogens with zero attached hydrogens (tertiary/aromatic N) is 1. The summed E-state index contributed by atoms with van der Waals surface area (Å²) in [4.78, 5) is 13.5. The molecule has 1 radical (unpaired) electrons. The SMILES string of the molecule is CCCCC(=O)N(CC[O])c1ccccc1. The zero-order valence-electron chi connectivity index (χ0n) is 9.69. The molecule has 0 unspecified atom stereocenters. The molecule has 0 heterocycles. The van der Waals surface area contributed by atoms with Crippen LogP contribution in [0.15, 0.2) is 30.3 Å². The fourth-order valence-corrected chi connectivity index (χ4v) is 1.56. The van der Waals surface area contributed by atoms with Gasteiger partial charge in [0.25, 0.3) is 0 Å². The zero-order chi connectivity index (χ0) is 11.8. The molecular weight excluding hydrogens is 202 g/mol. The minimum atomic E-state index is -0.257. The summed E-state index contributed by atoms with van der Waals surface area (Å²) in [5.74, 6) is 0.0453. The highest BCUT2D eigenvalue weighted by atomic mass is 16.3. The lowest BCUT2D eigenvalue weighted by molar-refractivity contribution is -0.118. The van der Waals surface area contributed by atoms with E-state index in [4.69, 9.17) is 0 Å². The van der Waals surface area contributed by atoms with Crippen LogP contribution in [0, 0.1) is 0 Å². The quantitative estimate of drug-likeness (QED) is 0.726. The van der Waals surface area contributed by atoms with Crippen molar-refractivity contribution in [1.29, 1.82) is 0 Å². The minimum Gasteiger partial charge on any atom is -0.310 e. The van der Waals surface area contributed by atoms with Gasteiger partial charge < -0.3 is 4.90 Å². The Morgan fingerprint density at radius 1 is 1.25 bits per heavy atom. The molecule has 87 valence electrons. The van der Waals surface area contributed by atoms with Gasteiger partial charge in [-0.3, -0.25) is 4.79 Å². The second kappa shape index (κ2) is 7.01. The number of hydrogen-bond acceptors (Lipinski definition) is 1. The van der Waals surface area contributed by atoms with Crippen LogP contribution < -0.4 is 4.90 Å². The van der Waals surface area contributed by atoms with Crippen LogP contribution in [0.1, 0.15) is 26.2 Å². The van der Waals surface area contributed by atoms with Crippen molar-refractivity contribution in [2.45, 2.75) is 26.2 Å². The van der Waals surface area contributed by atoms with Gasteiger partial charge in [-0.1, -0.05) is 31.5 Å². The maximum atomic E-state index is 11.9. The van der Waals surface area contributed by atoms with E-state index >= 15 is 0 Å². The van der Waals surface area contributed by atoms with Gasteiger partial charge in [-0.25, -0.2) is 5.11 Å². The van der Waals surface area contributed by atoms with Gasteiger partial charge in [0.15, 0.2) is 0 Å². The fourth-order valence-electron chi connectivity index (χ4n) is 1.56. The molecule has 0 aliphatic heterocycles. The van der Waals surface area contributed by atoms with Crippen molar-refractivity contribution in [3.63, 3.8) is 0 Å². The fraction of sp³-hybridized carbons (Fsp3) is 0.462. The first-order valence-corrected chi connectivity index (χ1v) is 5.73. The molecule has 1 rings (SSSR count). The molecule has 0 spiro atoms. The van der Waals surface area contributed by atoms with Crippen molar-refractivity contribution in [1.82, 2.24) is 0 Å². The summed E-state index contributed by atoms with van der Waals surface area (Å²) in [7, 11) is 0. The van der Waals surface area contributed by atoms with Gasteiger partial charge in [-0.2, -0.15) is 0 Å². The van der Waals surface area contributed by atoms with E-state index in [1.807, 2.05) is 37.3 Å². The Bertz CT molecular complexity index is 311. The van der Waals surface area contributed by atoms with Gasteiger partial charge in [-0.15, -0.1) is 0 Å². The Morgan fingerprint density at radius 2 is 1.94 bits per heavy atom. The van der Waals surface area contributed by atoms with E-state index < -0.39 is 0 Å². The van der Waals surface area contributed by atoms with Gasteiger partial charge in [0.2, 0.25) is 5.91 Å². The zero-order valence-corrected chi connectivity index (χ0v) is 9.69. The molecule has 1 aromatic carbocycles. The summed E-state index contributed by atoms with van der Waals surface area (Å²) in [5.41, 5.74) is 0.819. The van der Waals surface area contributed by atoms with Crippen molar-refractivity contribution in [3.8, 4) is 0 Å². The molecular formula is C13H18NO2. The lowest BCUT2D eigenvalue weighted by Gasteiger charge is -2.21. The molecule has 0 saturated carbocycles. The number of benzene rings is 1. The topological polar surface area (TPSA) is 40.2 Å². The van der Waals surface area contributed by atoms with Gasteiger partial charge in [-0.05, 0) is 18.6 Å². The number of anilines is 1. The normalized spacial score (nSPS) is 10.1. The molecule has 3 nitrogen and oxygen atoms in total. The van der Waals surface area contributed by atoms with E-state index in [0.29, 0.717) is 6.42 Å². The van der Waals surface area contributed by atoms with Crippen molar-refractivity contribution in [3.05, 3.63) is 30.3 Å². The van der Waals surface area contributed by atoms with Crippen molar-refractivity contribution in [2.24, 2.45) is 0 Å². The second-order valence-corrected chi connectivity index (χ2v) is 3.69. The predicted octanol–water partition coefficient (Wildman–Crippen LogP) is 2.64. The summed E-state index contributed by atoms with van der Waals surface area (Å²) < 4.78 is 0. The van der Waals surface area contributed by atoms with Gasteiger partial charge in [0.05, 0.1) is 6.54 Å². The van der Waals surface area contributed by atoms with Crippen LogP contribution in [0.4, 0.5) is 5.69 Å². The lowest BCUT2D eigenvalue weighted by atomic mass is 10.2. The van der Waals surface area contributed by atoms with Crippen molar-refractivity contribution >= 4 is 11.6 Å². The van der Waals surface area contributed by atoms with Gasteiger partial charge in [0, 0.05) is 12.1 Å². The first-order valence-electron chi connectivity index (χ1n) is 5.73. The Morgan fingerprint density at radius 3 is 2.50 bits per heavy atom. The average Bonchev–Trinajstić information content (AvgIpc) is 2.34. The third-order valence-electron chi connectivity index (χ3n) is 2.43. The molecule has 1 amide bonds. The highest BCUT2D eigenvalue weighted by molar-refractivity contribution is 5.93. The molecule has 0 N–H and O–H groups in total. The van der Waals surface area contributed by atoms with Crippen LogP contribution in [0.3, 0.4) is 0 Å². The molecule has 0 fully saturated rings. The molecule has 0 bridgehead atoms. The standard InChI is InChI=1S/C13H18NO2/c1-2-3-9-13(16)14(10-11-15)12-7-5-4-6-8-12/h4-8H,2-3,9-11H2,1H3. The van der Waals surface area contributed by atoms with E-state index in [1.165, 1.54) is 0 Å². The first-order chi connectivity index (χ1) is 7.79. The maximum absolute atomic E-state index is 11.9. The third-order valence-corrected chi connectivity index (χ3v) is 2.43. The lowest BCUT2D eigenvalue weighted by Crippen LogP contribution is -2.33. The molecule has 0 aliphatic carbocycles. The summed E-state index contributed by atoms with van der Waals surface area (Å²) in [5, 5.41) is 10.7. The summed E-state index contributed by atoms with van der Waals surface area (Å²) in [6.45, 7) is 2.05. The molecule has 0 aliphatic rings. The molecule has 0 atom stereocenters. The van der Waals surface area contributed by atoms with Gasteiger partial charge >= 0.3 is 0 Å². The molecule has 1 aromatic rings. The molecule has 16 heavy (non-hydrogen) atoms. The average molecular weight is 220 g/mol. The summed E-state index contributed by atoms with van der Waals surface area (Å²) in [6, 6.07) is 9.37.